The molecule has 0 saturated carbocycles. The molecule has 0 fully saturated rings. The summed E-state index contributed by atoms with van der Waals surface area (Å²) < 4.78 is 155. The van der Waals surface area contributed by atoms with Crippen LogP contribution in [0.15, 0.2) is 0 Å². The molecule has 15 heteroatoms. The molecule has 0 radical (unpaired) electrons. The molecule has 148 valence electrons. The molecule has 0 aromatic heterocycles. The summed E-state index contributed by atoms with van der Waals surface area (Å²) >= 11 is -9.89. The van der Waals surface area contributed by atoms with Crippen LogP contribution in [0.5, 0.6) is 0 Å². The Kier molecular flexibility index (Phi) is 6.22. The van der Waals surface area contributed by atoms with Crippen molar-refractivity contribution in [2.75, 3.05) is 0 Å². The maximum absolute atomic E-state index is 13.5. The molecule has 0 atom stereocenters. The quantitative estimate of drug-likeness (QED) is 0.259. The summed E-state index contributed by atoms with van der Waals surface area (Å²) in [7, 11) is 0. The Bertz CT molecular complexity index is 872. The summed E-state index contributed by atoms with van der Waals surface area (Å²) in [5, 5.41) is 0. The number of halogens is 10. The Morgan fingerprint density at radius 2 is 0.593 bits per heavy atom. The van der Waals surface area contributed by atoms with Gasteiger partial charge in [0.1, 0.15) is 0 Å². The minimum atomic E-state index is -4.94. The zero-order valence-electron chi connectivity index (χ0n) is 11.8. The van der Waals surface area contributed by atoms with Gasteiger partial charge in [-0.3, -0.25) is 0 Å². The number of rotatable bonds is 4. The summed E-state index contributed by atoms with van der Waals surface area (Å²) in [5.41, 5.74) is 0. The van der Waals surface area contributed by atoms with Gasteiger partial charge in [-0.2, -0.15) is 0 Å². The maximum atomic E-state index is 13.5. The van der Waals surface area contributed by atoms with Gasteiger partial charge in [-0.05, 0) is 0 Å². The van der Waals surface area contributed by atoms with Crippen molar-refractivity contribution >= 4 is 37.2 Å². The third-order valence-corrected chi connectivity index (χ3v) is 8.91. The zero-order valence-corrected chi connectivity index (χ0v) is 15.2. The molecule has 0 saturated heterocycles. The van der Waals surface area contributed by atoms with Crippen LogP contribution in [0.2, 0.25) is 0 Å². The molecule has 0 heterocycles. The van der Waals surface area contributed by atoms with Crippen LogP contribution in [-0.4, -0.2) is 28.3 Å². The summed E-state index contributed by atoms with van der Waals surface area (Å²) in [6.45, 7) is 0. The SMILES string of the molecule is O=[Se](O[Se](=O)c1c(F)c(F)c(F)c(F)c1F)c1c(F)c(F)c(F)c(F)c1F. The van der Waals surface area contributed by atoms with E-state index in [4.69, 9.17) is 0 Å². The molecule has 27 heavy (non-hydrogen) atoms. The van der Waals surface area contributed by atoms with E-state index in [1.54, 1.807) is 0 Å². The fourth-order valence-electron chi connectivity index (χ4n) is 1.59. The van der Waals surface area contributed by atoms with Crippen LogP contribution in [0.3, 0.4) is 0 Å². The number of benzene rings is 2. The second-order valence-corrected chi connectivity index (χ2v) is 9.79. The van der Waals surface area contributed by atoms with Gasteiger partial charge >= 0.3 is 150 Å². The van der Waals surface area contributed by atoms with E-state index in [0.29, 0.717) is 0 Å². The minimum absolute atomic E-state index is 2.07. The fraction of sp³-hybridized carbons (Fsp3) is 0. The molecule has 2 rings (SSSR count). The second kappa shape index (κ2) is 7.76. The molecule has 0 amide bonds. The zero-order chi connectivity index (χ0) is 20.8. The van der Waals surface area contributed by atoms with Gasteiger partial charge in [0.15, 0.2) is 0 Å². The van der Waals surface area contributed by atoms with Gasteiger partial charge < -0.3 is 0 Å². The topological polar surface area (TPSA) is 43.4 Å². The first-order chi connectivity index (χ1) is 12.4. The Labute approximate surface area is 150 Å². The van der Waals surface area contributed by atoms with E-state index in [0.717, 1.165) is 0 Å². The monoisotopic (exact) mass is 542 g/mol. The van der Waals surface area contributed by atoms with Crippen LogP contribution in [0.1, 0.15) is 0 Å². The summed E-state index contributed by atoms with van der Waals surface area (Å²) in [6.07, 6.45) is 0. The normalized spacial score (nSPS) is 13.7. The van der Waals surface area contributed by atoms with E-state index < -0.39 is 95.4 Å². The number of hydrogen-bond donors (Lipinski definition) is 0. The molecule has 0 N–H and O–H groups in total. The van der Waals surface area contributed by atoms with Crippen LogP contribution in [0.4, 0.5) is 43.9 Å². The van der Waals surface area contributed by atoms with E-state index in [2.05, 4.69) is 2.90 Å². The van der Waals surface area contributed by atoms with Crippen LogP contribution in [-0.2, 0) is 10.6 Å². The van der Waals surface area contributed by atoms with E-state index >= 15 is 0 Å². The molecule has 0 aliphatic rings. The molecule has 0 aliphatic carbocycles. The third kappa shape index (κ3) is 3.57. The van der Waals surface area contributed by atoms with Crippen molar-refractivity contribution in [1.29, 1.82) is 0 Å². The van der Waals surface area contributed by atoms with Crippen molar-refractivity contribution in [3.05, 3.63) is 58.2 Å². The van der Waals surface area contributed by atoms with E-state index in [9.17, 15) is 51.6 Å². The van der Waals surface area contributed by atoms with Crippen LogP contribution >= 0.6 is 0 Å². The van der Waals surface area contributed by atoms with E-state index in [1.807, 2.05) is 0 Å². The van der Waals surface area contributed by atoms with E-state index in [-0.39, 0.29) is 0 Å². The van der Waals surface area contributed by atoms with Crippen molar-refractivity contribution in [1.82, 2.24) is 0 Å². The van der Waals surface area contributed by atoms with E-state index in [1.165, 1.54) is 0 Å². The van der Waals surface area contributed by atoms with Crippen LogP contribution in [0.25, 0.3) is 0 Å². The van der Waals surface area contributed by atoms with Crippen molar-refractivity contribution in [3.8, 4) is 0 Å². The molecular weight excluding hydrogens is 540 g/mol. The molecule has 2 aromatic carbocycles. The predicted molar refractivity (Wildman–Crippen MR) is 65.7 cm³/mol. The molecule has 0 spiro atoms. The van der Waals surface area contributed by atoms with Crippen molar-refractivity contribution < 1.29 is 54.5 Å². The van der Waals surface area contributed by atoms with Gasteiger partial charge in [0.2, 0.25) is 0 Å². The first-order valence-corrected chi connectivity index (χ1v) is 10.5. The van der Waals surface area contributed by atoms with Gasteiger partial charge in [0.05, 0.1) is 0 Å². The Morgan fingerprint density at radius 1 is 0.407 bits per heavy atom. The fourth-order valence-corrected chi connectivity index (χ4v) is 6.79. The van der Waals surface area contributed by atoms with Crippen LogP contribution < -0.4 is 8.92 Å². The summed E-state index contributed by atoms with van der Waals surface area (Å²) in [5.74, 6) is -26.0. The van der Waals surface area contributed by atoms with Gasteiger partial charge in [-0.25, -0.2) is 0 Å². The molecule has 0 bridgehead atoms. The number of hydrogen-bond acceptors (Lipinski definition) is 3. The second-order valence-electron chi connectivity index (χ2n) is 4.34. The van der Waals surface area contributed by atoms with Crippen molar-refractivity contribution in [2.24, 2.45) is 0 Å². The van der Waals surface area contributed by atoms with Crippen molar-refractivity contribution in [2.45, 2.75) is 0 Å². The Hall–Kier alpha value is -1.66. The Morgan fingerprint density at radius 3 is 0.815 bits per heavy atom. The summed E-state index contributed by atoms with van der Waals surface area (Å²) in [6, 6.07) is 0. The Balaban J connectivity index is 2.52. The molecule has 2 aromatic rings. The average molecular weight is 540 g/mol. The van der Waals surface area contributed by atoms with Gasteiger partial charge in [0, 0.05) is 0 Å². The first kappa shape index (κ1) is 21.6. The third-order valence-electron chi connectivity index (χ3n) is 2.80. The first-order valence-electron chi connectivity index (χ1n) is 5.96. The van der Waals surface area contributed by atoms with Gasteiger partial charge in [-0.1, -0.05) is 0 Å². The van der Waals surface area contributed by atoms with Crippen molar-refractivity contribution in [3.63, 3.8) is 0 Å². The van der Waals surface area contributed by atoms with Crippen LogP contribution in [0, 0.1) is 58.2 Å². The summed E-state index contributed by atoms with van der Waals surface area (Å²) in [4.78, 5) is 0. The predicted octanol–water partition coefficient (Wildman–Crippen LogP) is 2.05. The molecule has 3 nitrogen and oxygen atoms in total. The van der Waals surface area contributed by atoms with Gasteiger partial charge in [-0.15, -0.1) is 0 Å². The van der Waals surface area contributed by atoms with Gasteiger partial charge in [0.25, 0.3) is 0 Å². The average Bonchev–Trinajstić information content (AvgIpc) is 2.61. The molecule has 0 aliphatic heterocycles. The molecular formula is C12F10O3Se2. The molecule has 0 unspecified atom stereocenters. The standard InChI is InChI=1S/C12F10O3Se2/c13-1-3(15)7(19)11(8(20)4(1)16)26(23)25-27(24)12-9(21)5(17)2(14)6(18)10(12)22.